The van der Waals surface area contributed by atoms with Crippen LogP contribution in [0.2, 0.25) is 0 Å². The average molecular weight is 385 g/mol. The molecule has 0 radical (unpaired) electrons. The number of benzene rings is 2. The van der Waals surface area contributed by atoms with E-state index in [0.717, 1.165) is 43.2 Å². The lowest BCUT2D eigenvalue weighted by Gasteiger charge is -2.24. The first-order chi connectivity index (χ1) is 12.9. The standard InChI is InChI=1S/C20H23N3O3S/c1-27(25,26)23(15-16-9-3-2-4-10-16)19-14-8-7-13-18(19)20(24)22-21-17-11-5-6-12-17/h2-4,7-10,13-14H,5-6,11-12,15H2,1H3,(H,22,24). The van der Waals surface area contributed by atoms with Crippen LogP contribution < -0.4 is 9.73 Å². The summed E-state index contributed by atoms with van der Waals surface area (Å²) in [6.07, 6.45) is 5.11. The molecule has 2 aromatic rings. The molecule has 0 aromatic heterocycles. The van der Waals surface area contributed by atoms with Crippen LogP contribution in [0.5, 0.6) is 0 Å². The fraction of sp³-hybridized carbons (Fsp3) is 0.300. The topological polar surface area (TPSA) is 78.8 Å². The Labute approximate surface area is 159 Å². The van der Waals surface area contributed by atoms with Crippen molar-refractivity contribution in [1.82, 2.24) is 5.43 Å². The summed E-state index contributed by atoms with van der Waals surface area (Å²) >= 11 is 0. The van der Waals surface area contributed by atoms with Crippen LogP contribution in [-0.4, -0.2) is 26.3 Å². The number of anilines is 1. The lowest BCUT2D eigenvalue weighted by molar-refractivity contribution is 0.0955. The summed E-state index contributed by atoms with van der Waals surface area (Å²) in [6, 6.07) is 16.0. The molecule has 0 heterocycles. The first kappa shape index (κ1) is 19.1. The summed E-state index contributed by atoms with van der Waals surface area (Å²) in [5, 5.41) is 4.20. The lowest BCUT2D eigenvalue weighted by atomic mass is 10.1. The van der Waals surface area contributed by atoms with E-state index in [1.54, 1.807) is 24.3 Å². The van der Waals surface area contributed by atoms with Gasteiger partial charge in [0.05, 0.1) is 24.1 Å². The molecule has 1 aliphatic carbocycles. The van der Waals surface area contributed by atoms with Crippen LogP contribution >= 0.6 is 0 Å². The van der Waals surface area contributed by atoms with Gasteiger partial charge in [-0.05, 0) is 43.4 Å². The molecule has 0 aliphatic heterocycles. The zero-order chi connectivity index (χ0) is 19.3. The lowest BCUT2D eigenvalue weighted by Crippen LogP contribution is -2.32. The van der Waals surface area contributed by atoms with E-state index < -0.39 is 15.9 Å². The van der Waals surface area contributed by atoms with E-state index in [9.17, 15) is 13.2 Å². The molecule has 7 heteroatoms. The summed E-state index contributed by atoms with van der Waals surface area (Å²) in [4.78, 5) is 12.7. The van der Waals surface area contributed by atoms with Gasteiger partial charge >= 0.3 is 0 Å². The molecule has 142 valence electrons. The minimum atomic E-state index is -3.59. The summed E-state index contributed by atoms with van der Waals surface area (Å²) in [6.45, 7) is 0.151. The zero-order valence-corrected chi connectivity index (χ0v) is 16.1. The average Bonchev–Trinajstić information content (AvgIpc) is 3.18. The minimum Gasteiger partial charge on any atom is -0.267 e. The first-order valence-electron chi connectivity index (χ1n) is 8.91. The van der Waals surface area contributed by atoms with Gasteiger partial charge in [0.25, 0.3) is 5.91 Å². The Kier molecular flexibility index (Phi) is 5.91. The number of hydrogen-bond acceptors (Lipinski definition) is 4. The van der Waals surface area contributed by atoms with Gasteiger partial charge in [-0.1, -0.05) is 42.5 Å². The van der Waals surface area contributed by atoms with Crippen LogP contribution in [0, 0.1) is 0 Å². The number of nitrogens with one attached hydrogen (secondary N) is 1. The molecule has 0 unspecified atom stereocenters. The monoisotopic (exact) mass is 385 g/mol. The molecular weight excluding hydrogens is 362 g/mol. The van der Waals surface area contributed by atoms with Crippen molar-refractivity contribution in [3.8, 4) is 0 Å². The largest absolute Gasteiger partial charge is 0.273 e. The fourth-order valence-electron chi connectivity index (χ4n) is 3.10. The van der Waals surface area contributed by atoms with Gasteiger partial charge in [0.15, 0.2) is 0 Å². The molecule has 6 nitrogen and oxygen atoms in total. The number of carbonyl (C=O) groups excluding carboxylic acids is 1. The summed E-state index contributed by atoms with van der Waals surface area (Å²) < 4.78 is 26.1. The molecule has 2 aromatic carbocycles. The Balaban J connectivity index is 1.91. The van der Waals surface area contributed by atoms with E-state index in [0.29, 0.717) is 5.69 Å². The van der Waals surface area contributed by atoms with Gasteiger partial charge in [0.1, 0.15) is 0 Å². The van der Waals surface area contributed by atoms with E-state index >= 15 is 0 Å². The highest BCUT2D eigenvalue weighted by molar-refractivity contribution is 7.92. The van der Waals surface area contributed by atoms with Crippen molar-refractivity contribution >= 4 is 27.3 Å². The van der Waals surface area contributed by atoms with Crippen molar-refractivity contribution in [2.75, 3.05) is 10.6 Å². The predicted octanol–water partition coefficient (Wildman–Crippen LogP) is 3.31. The smallest absolute Gasteiger partial charge is 0.267 e. The summed E-state index contributed by atoms with van der Waals surface area (Å²) in [7, 11) is -3.59. The third-order valence-corrected chi connectivity index (χ3v) is 5.61. The van der Waals surface area contributed by atoms with Crippen molar-refractivity contribution in [1.29, 1.82) is 0 Å². The van der Waals surface area contributed by atoms with Crippen molar-refractivity contribution < 1.29 is 13.2 Å². The molecule has 0 saturated heterocycles. The van der Waals surface area contributed by atoms with Crippen LogP contribution in [0.4, 0.5) is 5.69 Å². The van der Waals surface area contributed by atoms with Gasteiger partial charge in [-0.25, -0.2) is 13.8 Å². The van der Waals surface area contributed by atoms with Crippen LogP contribution in [0.1, 0.15) is 41.6 Å². The first-order valence-corrected chi connectivity index (χ1v) is 10.8. The van der Waals surface area contributed by atoms with Crippen LogP contribution in [0.15, 0.2) is 59.7 Å². The third-order valence-electron chi connectivity index (χ3n) is 4.48. The van der Waals surface area contributed by atoms with E-state index in [1.165, 1.54) is 4.31 Å². The van der Waals surface area contributed by atoms with Crippen LogP contribution in [-0.2, 0) is 16.6 Å². The van der Waals surface area contributed by atoms with Crippen molar-refractivity contribution in [3.05, 3.63) is 65.7 Å². The third kappa shape index (κ3) is 4.95. The predicted molar refractivity (Wildman–Crippen MR) is 107 cm³/mol. The molecule has 1 aliphatic rings. The Morgan fingerprint density at radius 2 is 1.67 bits per heavy atom. The highest BCUT2D eigenvalue weighted by atomic mass is 32.2. The number of hydrazone groups is 1. The molecule has 3 rings (SSSR count). The molecular formula is C20H23N3O3S. The molecule has 1 N–H and O–H groups in total. The zero-order valence-electron chi connectivity index (χ0n) is 15.3. The van der Waals surface area contributed by atoms with Gasteiger partial charge in [0, 0.05) is 5.71 Å². The number of sulfonamides is 1. The highest BCUT2D eigenvalue weighted by Crippen LogP contribution is 2.25. The normalized spacial score (nSPS) is 14.0. The number of amides is 1. The minimum absolute atomic E-state index is 0.151. The van der Waals surface area contributed by atoms with Gasteiger partial charge in [-0.15, -0.1) is 0 Å². The maximum Gasteiger partial charge on any atom is 0.273 e. The molecule has 0 spiro atoms. The van der Waals surface area contributed by atoms with E-state index in [1.807, 2.05) is 30.3 Å². The quantitative estimate of drug-likeness (QED) is 0.775. The number of hydrogen-bond donors (Lipinski definition) is 1. The Bertz CT molecular complexity index is 932. The van der Waals surface area contributed by atoms with Crippen molar-refractivity contribution in [3.63, 3.8) is 0 Å². The molecule has 27 heavy (non-hydrogen) atoms. The second-order valence-electron chi connectivity index (χ2n) is 6.60. The Morgan fingerprint density at radius 1 is 1.04 bits per heavy atom. The van der Waals surface area contributed by atoms with Crippen LogP contribution in [0.3, 0.4) is 0 Å². The van der Waals surface area contributed by atoms with E-state index in [4.69, 9.17) is 0 Å². The molecule has 0 atom stereocenters. The maximum absolute atomic E-state index is 12.7. The van der Waals surface area contributed by atoms with Crippen LogP contribution in [0.25, 0.3) is 0 Å². The number of carbonyl (C=O) groups is 1. The van der Waals surface area contributed by atoms with E-state index in [-0.39, 0.29) is 12.1 Å². The number of para-hydroxylation sites is 1. The van der Waals surface area contributed by atoms with Gasteiger partial charge < -0.3 is 0 Å². The Hall–Kier alpha value is -2.67. The number of rotatable bonds is 6. The van der Waals surface area contributed by atoms with E-state index in [2.05, 4.69) is 10.5 Å². The molecule has 1 amide bonds. The highest BCUT2D eigenvalue weighted by Gasteiger charge is 2.23. The van der Waals surface area contributed by atoms with Gasteiger partial charge in [-0.2, -0.15) is 5.10 Å². The fourth-order valence-corrected chi connectivity index (χ4v) is 4.00. The summed E-state index contributed by atoms with van der Waals surface area (Å²) in [5.74, 6) is -0.410. The SMILES string of the molecule is CS(=O)(=O)N(Cc1ccccc1)c1ccccc1C(=O)NN=C1CCCC1. The van der Waals surface area contributed by atoms with Gasteiger partial charge in [-0.3, -0.25) is 9.10 Å². The molecule has 1 saturated carbocycles. The molecule has 1 fully saturated rings. The summed E-state index contributed by atoms with van der Waals surface area (Å²) in [5.41, 5.74) is 5.01. The second kappa shape index (κ2) is 8.35. The van der Waals surface area contributed by atoms with Crippen molar-refractivity contribution in [2.24, 2.45) is 5.10 Å². The van der Waals surface area contributed by atoms with Gasteiger partial charge in [0.2, 0.25) is 10.0 Å². The maximum atomic E-state index is 12.7. The molecule has 0 bridgehead atoms. The number of nitrogens with zero attached hydrogens (tertiary/aromatic N) is 2. The van der Waals surface area contributed by atoms with Crippen molar-refractivity contribution in [2.45, 2.75) is 32.2 Å². The second-order valence-corrected chi connectivity index (χ2v) is 8.51. The Morgan fingerprint density at radius 3 is 2.33 bits per heavy atom.